The van der Waals surface area contributed by atoms with Crippen LogP contribution in [-0.2, 0) is 10.0 Å². The van der Waals surface area contributed by atoms with Gasteiger partial charge in [0.05, 0.1) is 22.6 Å². The summed E-state index contributed by atoms with van der Waals surface area (Å²) in [4.78, 5) is 38.7. The van der Waals surface area contributed by atoms with E-state index in [9.17, 15) is 23.1 Å². The van der Waals surface area contributed by atoms with E-state index in [2.05, 4.69) is 21.9 Å². The molecule has 1 saturated heterocycles. The average Bonchev–Trinajstić information content (AvgIpc) is 3.01. The second-order valence-corrected chi connectivity index (χ2v) is 12.8. The van der Waals surface area contributed by atoms with Crippen molar-refractivity contribution in [1.29, 1.82) is 0 Å². The smallest absolute Gasteiger partial charge is 0.271 e. The zero-order valence-corrected chi connectivity index (χ0v) is 26.0. The van der Waals surface area contributed by atoms with Crippen molar-refractivity contribution in [3.8, 4) is 22.7 Å². The summed E-state index contributed by atoms with van der Waals surface area (Å²) in [7, 11) is -2.38. The van der Waals surface area contributed by atoms with Crippen molar-refractivity contribution in [2.24, 2.45) is 0 Å². The molecule has 1 aliphatic rings. The zero-order chi connectivity index (χ0) is 32.8. The molecule has 0 bridgehead atoms. The maximum Gasteiger partial charge on any atom is 0.271 e. The van der Waals surface area contributed by atoms with Crippen LogP contribution in [-0.4, -0.2) is 71.5 Å². The lowest BCUT2D eigenvalue weighted by Gasteiger charge is -2.36. The van der Waals surface area contributed by atoms with Gasteiger partial charge in [0.25, 0.3) is 11.5 Å². The van der Waals surface area contributed by atoms with Crippen molar-refractivity contribution in [2.75, 3.05) is 38.1 Å². The number of amides is 1. The molecule has 1 amide bonds. The number of aromatic nitrogens is 3. The largest absolute Gasteiger partial charge is 0.507 e. The molecule has 0 saturated carbocycles. The molecule has 0 spiro atoms. The number of anilines is 1. The van der Waals surface area contributed by atoms with Crippen LogP contribution < -0.4 is 15.8 Å². The number of hydrogen-bond donors (Lipinski definition) is 2. The summed E-state index contributed by atoms with van der Waals surface area (Å²) in [5, 5.41) is 13.9. The number of phenols is 1. The molecule has 3 aromatic heterocycles. The number of carbonyl (C=O) groups is 1. The molecule has 0 radical (unpaired) electrons. The normalized spacial score (nSPS) is 14.2. The molecular weight excluding hydrogens is 606 g/mol. The number of aromatic hydroxyl groups is 1. The van der Waals surface area contributed by atoms with Crippen molar-refractivity contribution in [3.05, 3.63) is 87.3 Å². The van der Waals surface area contributed by atoms with Gasteiger partial charge in [-0.25, -0.2) is 22.2 Å². The van der Waals surface area contributed by atoms with E-state index in [4.69, 9.17) is 0 Å². The summed E-state index contributed by atoms with van der Waals surface area (Å²) >= 11 is 0. The first kappa shape index (κ1) is 31.7. The minimum atomic E-state index is -3.73. The number of phenolic OH excluding ortho intramolecular Hbond substituents is 1. The van der Waals surface area contributed by atoms with Crippen molar-refractivity contribution in [3.63, 3.8) is 0 Å². The molecule has 4 heterocycles. The van der Waals surface area contributed by atoms with Crippen LogP contribution in [0.25, 0.3) is 28.0 Å². The van der Waals surface area contributed by atoms with Gasteiger partial charge in [0.15, 0.2) is 11.5 Å². The summed E-state index contributed by atoms with van der Waals surface area (Å²) in [6, 6.07) is 6.23. The molecule has 4 aromatic rings. The highest BCUT2D eigenvalue weighted by Crippen LogP contribution is 2.38. The molecule has 1 aliphatic heterocycles. The number of fused-ring (bicyclic) bond motifs is 1. The van der Waals surface area contributed by atoms with Gasteiger partial charge in [0.2, 0.25) is 10.0 Å². The Bertz CT molecular complexity index is 2000. The van der Waals surface area contributed by atoms with E-state index in [1.54, 1.807) is 24.1 Å². The standard InChI is InChI=1S/C31H32F2N6O5S/c1-6-45(43,44)38-14-12-37(13-15-38)28-19-16-21(33)26(23-20(32)8-7-9-22(23)40)36-29(19)39(31(42)24(28)30(41)34-5)27-18(4)10-11-35-25(27)17(2)3/h6-11,16-17,40H,1,12-15H2,2-5H3,(H,34,41). The number of sulfonamides is 1. The van der Waals surface area contributed by atoms with Crippen molar-refractivity contribution in [2.45, 2.75) is 26.7 Å². The van der Waals surface area contributed by atoms with Crippen LogP contribution in [0.5, 0.6) is 5.75 Å². The quantitative estimate of drug-likeness (QED) is 0.312. The highest BCUT2D eigenvalue weighted by molar-refractivity contribution is 7.92. The first-order valence-corrected chi connectivity index (χ1v) is 15.6. The lowest BCUT2D eigenvalue weighted by Crippen LogP contribution is -2.49. The Kier molecular flexibility index (Phi) is 8.47. The van der Waals surface area contributed by atoms with Gasteiger partial charge in [0.1, 0.15) is 22.8 Å². The zero-order valence-electron chi connectivity index (χ0n) is 25.1. The predicted octanol–water partition coefficient (Wildman–Crippen LogP) is 3.82. The minimum absolute atomic E-state index is 0.00240. The number of nitrogens with zero attached hydrogens (tertiary/aromatic N) is 5. The molecule has 1 fully saturated rings. The van der Waals surface area contributed by atoms with E-state index in [-0.39, 0.29) is 54.4 Å². The van der Waals surface area contributed by atoms with Crippen LogP contribution >= 0.6 is 0 Å². The molecule has 0 unspecified atom stereocenters. The predicted molar refractivity (Wildman–Crippen MR) is 167 cm³/mol. The maximum absolute atomic E-state index is 16.1. The molecule has 14 heteroatoms. The van der Waals surface area contributed by atoms with E-state index >= 15 is 8.78 Å². The Morgan fingerprint density at radius 3 is 2.40 bits per heavy atom. The van der Waals surface area contributed by atoms with Crippen LogP contribution in [0.4, 0.5) is 14.5 Å². The Balaban J connectivity index is 1.93. The molecule has 236 valence electrons. The Labute approximate surface area is 258 Å². The lowest BCUT2D eigenvalue weighted by molar-refractivity contribution is 0.0961. The molecule has 45 heavy (non-hydrogen) atoms. The maximum atomic E-state index is 16.1. The van der Waals surface area contributed by atoms with Crippen LogP contribution in [0.2, 0.25) is 0 Å². The van der Waals surface area contributed by atoms with Gasteiger partial charge in [-0.15, -0.1) is 0 Å². The Morgan fingerprint density at radius 2 is 1.80 bits per heavy atom. The summed E-state index contributed by atoms with van der Waals surface area (Å²) < 4.78 is 58.3. The van der Waals surface area contributed by atoms with Gasteiger partial charge in [-0.3, -0.25) is 19.1 Å². The third-order valence-corrected chi connectivity index (χ3v) is 9.32. The molecule has 0 atom stereocenters. The van der Waals surface area contributed by atoms with Crippen LogP contribution in [0, 0.1) is 18.6 Å². The number of benzene rings is 1. The van der Waals surface area contributed by atoms with Gasteiger partial charge >= 0.3 is 0 Å². The first-order chi connectivity index (χ1) is 21.3. The monoisotopic (exact) mass is 638 g/mol. The third kappa shape index (κ3) is 5.44. The van der Waals surface area contributed by atoms with Crippen LogP contribution in [0.3, 0.4) is 0 Å². The van der Waals surface area contributed by atoms with E-state index in [1.807, 2.05) is 13.8 Å². The summed E-state index contributed by atoms with van der Waals surface area (Å²) in [6.45, 7) is 8.97. The first-order valence-electron chi connectivity index (χ1n) is 14.1. The summed E-state index contributed by atoms with van der Waals surface area (Å²) in [6.07, 6.45) is 1.59. The molecule has 2 N–H and O–H groups in total. The average molecular weight is 639 g/mol. The second kappa shape index (κ2) is 12.0. The van der Waals surface area contributed by atoms with Crippen molar-refractivity contribution >= 4 is 32.7 Å². The number of halogens is 2. The molecule has 11 nitrogen and oxygen atoms in total. The number of carbonyl (C=O) groups excluding carboxylic acids is 1. The highest BCUT2D eigenvalue weighted by Gasteiger charge is 2.33. The Morgan fingerprint density at radius 1 is 1.11 bits per heavy atom. The molecule has 5 rings (SSSR count). The van der Waals surface area contributed by atoms with Crippen molar-refractivity contribution < 1.29 is 27.1 Å². The number of rotatable bonds is 7. The van der Waals surface area contributed by atoms with Gasteiger partial charge in [-0.2, -0.15) is 4.31 Å². The van der Waals surface area contributed by atoms with Crippen LogP contribution in [0.1, 0.15) is 41.4 Å². The fourth-order valence-corrected chi connectivity index (χ4v) is 6.50. The molecular formula is C31H32F2N6O5S. The SMILES string of the molecule is C=CS(=O)(=O)N1CCN(c2c(C(=O)NC)c(=O)n(-c3c(C)ccnc3C(C)C)c3nc(-c4c(O)cccc4F)c(F)cc23)CC1. The van der Waals surface area contributed by atoms with Crippen molar-refractivity contribution in [1.82, 2.24) is 24.2 Å². The lowest BCUT2D eigenvalue weighted by atomic mass is 10.0. The fourth-order valence-electron chi connectivity index (χ4n) is 5.61. The van der Waals surface area contributed by atoms with Gasteiger partial charge in [-0.1, -0.05) is 26.5 Å². The number of aryl methyl sites for hydroxylation is 1. The van der Waals surface area contributed by atoms with Gasteiger partial charge in [-0.05, 0) is 42.7 Å². The number of pyridine rings is 3. The van der Waals surface area contributed by atoms with E-state index in [0.717, 1.165) is 17.5 Å². The number of nitrogens with one attached hydrogen (secondary N) is 1. The highest BCUT2D eigenvalue weighted by atomic mass is 32.2. The van der Waals surface area contributed by atoms with E-state index in [0.29, 0.717) is 16.9 Å². The number of piperazine rings is 1. The number of hydrogen-bond acceptors (Lipinski definition) is 8. The summed E-state index contributed by atoms with van der Waals surface area (Å²) in [5.41, 5.74) is -0.780. The fraction of sp³-hybridized carbons (Fsp3) is 0.290. The molecule has 0 aliphatic carbocycles. The third-order valence-electron chi connectivity index (χ3n) is 7.81. The van der Waals surface area contributed by atoms with Gasteiger partial charge in [0, 0.05) is 50.2 Å². The van der Waals surface area contributed by atoms with E-state index < -0.39 is 50.1 Å². The minimum Gasteiger partial charge on any atom is -0.507 e. The second-order valence-electron chi connectivity index (χ2n) is 10.9. The van der Waals surface area contributed by atoms with E-state index in [1.165, 1.54) is 28.1 Å². The summed E-state index contributed by atoms with van der Waals surface area (Å²) in [5.74, 6) is -3.46. The Hall–Kier alpha value is -4.69. The van der Waals surface area contributed by atoms with Crippen LogP contribution in [0.15, 0.2) is 53.3 Å². The topological polar surface area (TPSA) is 138 Å². The molecule has 1 aromatic carbocycles. The van der Waals surface area contributed by atoms with Gasteiger partial charge < -0.3 is 15.3 Å².